The van der Waals surface area contributed by atoms with Crippen molar-refractivity contribution < 1.29 is 9.84 Å². The van der Waals surface area contributed by atoms with E-state index in [1.165, 1.54) is 6.42 Å². The third-order valence-corrected chi connectivity index (χ3v) is 4.72. The Bertz CT molecular complexity index is 454. The quantitative estimate of drug-likeness (QED) is 0.877. The fraction of sp³-hybridized carbons (Fsp3) is 0.824. The predicted molar refractivity (Wildman–Crippen MR) is 84.3 cm³/mol. The van der Waals surface area contributed by atoms with Gasteiger partial charge in [-0.2, -0.15) is 5.10 Å². The van der Waals surface area contributed by atoms with E-state index in [1.54, 1.807) is 0 Å². The number of aryl methyl sites for hydroxylation is 2. The van der Waals surface area contributed by atoms with Crippen molar-refractivity contribution in [3.8, 4) is 0 Å². The van der Waals surface area contributed by atoms with E-state index in [0.29, 0.717) is 18.9 Å². The van der Waals surface area contributed by atoms with E-state index >= 15 is 0 Å². The van der Waals surface area contributed by atoms with Gasteiger partial charge in [0, 0.05) is 25.3 Å². The molecule has 0 radical (unpaired) electrons. The second kappa shape index (κ2) is 6.93. The zero-order chi connectivity index (χ0) is 15.5. The number of ether oxygens (including phenoxy) is 1. The molecule has 1 aromatic rings. The first-order chi connectivity index (χ1) is 10.0. The summed E-state index contributed by atoms with van der Waals surface area (Å²) in [5.41, 5.74) is 1.75. The van der Waals surface area contributed by atoms with E-state index in [9.17, 15) is 5.11 Å². The second-order valence-corrected chi connectivity index (χ2v) is 6.51. The molecule has 21 heavy (non-hydrogen) atoms. The van der Waals surface area contributed by atoms with Gasteiger partial charge >= 0.3 is 0 Å². The number of aliphatic hydroxyl groups excluding tert-OH is 1. The van der Waals surface area contributed by atoms with Crippen LogP contribution in [0.4, 0.5) is 0 Å². The summed E-state index contributed by atoms with van der Waals surface area (Å²) in [7, 11) is 0. The lowest BCUT2D eigenvalue weighted by atomic mass is 9.74. The molecule has 120 valence electrons. The Kier molecular flexibility index (Phi) is 5.44. The van der Waals surface area contributed by atoms with Gasteiger partial charge in [-0.05, 0) is 45.6 Å². The van der Waals surface area contributed by atoms with Gasteiger partial charge in [0.2, 0.25) is 0 Å². The van der Waals surface area contributed by atoms with Gasteiger partial charge in [0.15, 0.2) is 0 Å². The summed E-state index contributed by atoms with van der Waals surface area (Å²) in [4.78, 5) is 0. The molecule has 4 heteroatoms. The minimum atomic E-state index is -0.457. The third-order valence-electron chi connectivity index (χ3n) is 4.72. The number of nitrogens with zero attached hydrogens (tertiary/aromatic N) is 2. The molecule has 1 saturated carbocycles. The predicted octanol–water partition coefficient (Wildman–Crippen LogP) is 3.10. The highest BCUT2D eigenvalue weighted by atomic mass is 16.5. The van der Waals surface area contributed by atoms with Crippen molar-refractivity contribution in [2.75, 3.05) is 6.61 Å². The molecule has 1 fully saturated rings. The molecule has 1 N–H and O–H groups in total. The Morgan fingerprint density at radius 1 is 1.52 bits per heavy atom. The van der Waals surface area contributed by atoms with Crippen molar-refractivity contribution in [2.24, 2.45) is 5.92 Å². The van der Waals surface area contributed by atoms with Crippen LogP contribution < -0.4 is 0 Å². The molecule has 1 heterocycles. The van der Waals surface area contributed by atoms with Crippen LogP contribution >= 0.6 is 0 Å². The van der Waals surface area contributed by atoms with Crippen LogP contribution in [0.3, 0.4) is 0 Å². The van der Waals surface area contributed by atoms with E-state index in [1.807, 2.05) is 18.5 Å². The van der Waals surface area contributed by atoms with Gasteiger partial charge in [-0.25, -0.2) is 0 Å². The normalized spacial score (nSPS) is 27.8. The summed E-state index contributed by atoms with van der Waals surface area (Å²) < 4.78 is 8.07. The molecular weight excluding hydrogens is 264 g/mol. The molecular formula is C17H30N2O2. The number of aromatic nitrogens is 2. The average molecular weight is 294 g/mol. The van der Waals surface area contributed by atoms with Crippen molar-refractivity contribution >= 4 is 0 Å². The van der Waals surface area contributed by atoms with Crippen LogP contribution in [0.5, 0.6) is 0 Å². The molecule has 0 saturated heterocycles. The molecule has 0 amide bonds. The lowest BCUT2D eigenvalue weighted by Crippen LogP contribution is -2.49. The Hall–Kier alpha value is -0.870. The third kappa shape index (κ3) is 3.67. The molecule has 0 spiro atoms. The average Bonchev–Trinajstić information content (AvgIpc) is 2.79. The lowest BCUT2D eigenvalue weighted by Gasteiger charge is -2.43. The van der Waals surface area contributed by atoms with Gasteiger partial charge < -0.3 is 9.84 Å². The SMILES string of the molecule is CCOC1(C(O)Cc2cc(C)nn2CC)CCCC(C)C1. The highest BCUT2D eigenvalue weighted by Crippen LogP contribution is 2.38. The molecule has 1 aliphatic rings. The fourth-order valence-electron chi connectivity index (χ4n) is 3.78. The minimum Gasteiger partial charge on any atom is -0.390 e. The van der Waals surface area contributed by atoms with Gasteiger partial charge in [-0.15, -0.1) is 0 Å². The van der Waals surface area contributed by atoms with Crippen LogP contribution in [-0.2, 0) is 17.7 Å². The summed E-state index contributed by atoms with van der Waals surface area (Å²) in [5, 5.41) is 15.4. The summed E-state index contributed by atoms with van der Waals surface area (Å²) in [6.07, 6.45) is 4.48. The zero-order valence-corrected chi connectivity index (χ0v) is 13.9. The molecule has 4 nitrogen and oxygen atoms in total. The largest absolute Gasteiger partial charge is 0.390 e. The summed E-state index contributed by atoms with van der Waals surface area (Å²) in [5.74, 6) is 0.623. The van der Waals surface area contributed by atoms with E-state index < -0.39 is 6.10 Å². The van der Waals surface area contributed by atoms with Crippen LogP contribution in [0.2, 0.25) is 0 Å². The molecule has 3 atom stereocenters. The fourth-order valence-corrected chi connectivity index (χ4v) is 3.78. The lowest BCUT2D eigenvalue weighted by molar-refractivity contribution is -0.147. The summed E-state index contributed by atoms with van der Waals surface area (Å²) in [6, 6.07) is 2.08. The maximum absolute atomic E-state index is 10.9. The van der Waals surface area contributed by atoms with Crippen LogP contribution in [0.1, 0.15) is 57.8 Å². The van der Waals surface area contributed by atoms with Crippen LogP contribution in [-0.4, -0.2) is 33.2 Å². The second-order valence-electron chi connectivity index (χ2n) is 6.51. The standard InChI is InChI=1S/C17H30N2O2/c1-5-19-15(10-14(4)18-19)11-16(20)17(21-6-2)9-7-8-13(3)12-17/h10,13,16,20H,5-9,11-12H2,1-4H3. The van der Waals surface area contributed by atoms with E-state index in [2.05, 4.69) is 25.0 Å². The first-order valence-electron chi connectivity index (χ1n) is 8.36. The number of hydrogen-bond acceptors (Lipinski definition) is 3. The molecule has 2 rings (SSSR count). The van der Waals surface area contributed by atoms with Gasteiger partial charge in [0.05, 0.1) is 17.4 Å². The molecule has 0 aliphatic heterocycles. The Balaban J connectivity index is 2.16. The Morgan fingerprint density at radius 2 is 2.29 bits per heavy atom. The van der Waals surface area contributed by atoms with Crippen molar-refractivity contribution in [1.29, 1.82) is 0 Å². The van der Waals surface area contributed by atoms with Gasteiger partial charge in [0.1, 0.15) is 0 Å². The van der Waals surface area contributed by atoms with E-state index in [4.69, 9.17) is 4.74 Å². The zero-order valence-electron chi connectivity index (χ0n) is 13.9. The maximum atomic E-state index is 10.9. The maximum Gasteiger partial charge on any atom is 0.0946 e. The highest BCUT2D eigenvalue weighted by molar-refractivity contribution is 5.12. The van der Waals surface area contributed by atoms with Crippen LogP contribution in [0, 0.1) is 12.8 Å². The number of rotatable bonds is 6. The van der Waals surface area contributed by atoms with Crippen molar-refractivity contribution in [2.45, 2.75) is 78.0 Å². The molecule has 0 aromatic carbocycles. The molecule has 1 aromatic heterocycles. The molecule has 0 bridgehead atoms. The van der Waals surface area contributed by atoms with Gasteiger partial charge in [0.25, 0.3) is 0 Å². The van der Waals surface area contributed by atoms with Crippen molar-refractivity contribution in [3.63, 3.8) is 0 Å². The van der Waals surface area contributed by atoms with Crippen molar-refractivity contribution in [3.05, 3.63) is 17.5 Å². The Morgan fingerprint density at radius 3 is 2.90 bits per heavy atom. The Labute approximate surface area is 128 Å². The van der Waals surface area contributed by atoms with Crippen LogP contribution in [0.15, 0.2) is 6.07 Å². The highest BCUT2D eigenvalue weighted by Gasteiger charge is 2.42. The molecule has 3 unspecified atom stereocenters. The number of hydrogen-bond donors (Lipinski definition) is 1. The first-order valence-corrected chi connectivity index (χ1v) is 8.36. The van der Waals surface area contributed by atoms with Crippen LogP contribution in [0.25, 0.3) is 0 Å². The van der Waals surface area contributed by atoms with Gasteiger partial charge in [-0.1, -0.05) is 19.8 Å². The minimum absolute atomic E-state index is 0.372. The topological polar surface area (TPSA) is 47.3 Å². The first kappa shape index (κ1) is 16.5. The summed E-state index contributed by atoms with van der Waals surface area (Å²) >= 11 is 0. The van der Waals surface area contributed by atoms with E-state index in [-0.39, 0.29) is 5.60 Å². The van der Waals surface area contributed by atoms with Crippen molar-refractivity contribution in [1.82, 2.24) is 9.78 Å². The van der Waals surface area contributed by atoms with E-state index in [0.717, 1.165) is 37.2 Å². The number of aliphatic hydroxyl groups is 1. The molecule has 1 aliphatic carbocycles. The van der Waals surface area contributed by atoms with Gasteiger partial charge in [-0.3, -0.25) is 4.68 Å². The summed E-state index contributed by atoms with van der Waals surface area (Å²) in [6.45, 7) is 9.88. The monoisotopic (exact) mass is 294 g/mol. The smallest absolute Gasteiger partial charge is 0.0946 e.